The Labute approximate surface area is 135 Å². The first kappa shape index (κ1) is 16.2. The van der Waals surface area contributed by atoms with Crippen LogP contribution in [-0.4, -0.2) is 19.9 Å². The lowest BCUT2D eigenvalue weighted by atomic mass is 10.2. The monoisotopic (exact) mass is 318 g/mol. The molecule has 0 aliphatic carbocycles. The van der Waals surface area contributed by atoms with Gasteiger partial charge in [0, 0.05) is 0 Å². The molecule has 0 aliphatic rings. The summed E-state index contributed by atoms with van der Waals surface area (Å²) in [5.41, 5.74) is 5.91. The number of nitrogens with zero attached hydrogens (tertiary/aromatic N) is 1. The highest BCUT2D eigenvalue weighted by atomic mass is 35.5. The topological polar surface area (TPSA) is 42.8 Å². The highest BCUT2D eigenvalue weighted by molar-refractivity contribution is 6.32. The molecule has 0 fully saturated rings. The molecular formula is C17H19ClN2O2. The van der Waals surface area contributed by atoms with Gasteiger partial charge in [-0.2, -0.15) is 5.10 Å². The molecule has 0 atom stereocenters. The van der Waals surface area contributed by atoms with Crippen LogP contribution in [0.3, 0.4) is 0 Å². The van der Waals surface area contributed by atoms with Gasteiger partial charge in [0.2, 0.25) is 0 Å². The lowest BCUT2D eigenvalue weighted by Gasteiger charge is -2.11. The molecular weight excluding hydrogens is 300 g/mol. The number of hydrogen-bond donors (Lipinski definition) is 1. The van der Waals surface area contributed by atoms with Crippen molar-refractivity contribution < 1.29 is 9.47 Å². The Balaban J connectivity index is 2.15. The van der Waals surface area contributed by atoms with Crippen LogP contribution in [0.15, 0.2) is 41.5 Å². The van der Waals surface area contributed by atoms with Crippen LogP contribution in [0, 0.1) is 6.92 Å². The van der Waals surface area contributed by atoms with E-state index in [4.69, 9.17) is 21.1 Å². The van der Waals surface area contributed by atoms with E-state index in [1.54, 1.807) is 19.4 Å². The van der Waals surface area contributed by atoms with E-state index in [0.717, 1.165) is 11.3 Å². The van der Waals surface area contributed by atoms with Crippen LogP contribution in [0.5, 0.6) is 11.5 Å². The van der Waals surface area contributed by atoms with E-state index >= 15 is 0 Å². The molecule has 2 aromatic rings. The van der Waals surface area contributed by atoms with Gasteiger partial charge in [0.15, 0.2) is 11.5 Å². The predicted octanol–water partition coefficient (Wildman–Crippen LogP) is 4.50. The quantitative estimate of drug-likeness (QED) is 0.630. The first-order valence-corrected chi connectivity index (χ1v) is 7.38. The minimum Gasteiger partial charge on any atom is -0.493 e. The Bertz CT molecular complexity index is 672. The van der Waals surface area contributed by atoms with Crippen molar-refractivity contribution in [3.63, 3.8) is 0 Å². The molecule has 0 aromatic heterocycles. The van der Waals surface area contributed by atoms with E-state index in [9.17, 15) is 0 Å². The van der Waals surface area contributed by atoms with Crippen molar-refractivity contribution >= 4 is 23.5 Å². The molecule has 116 valence electrons. The number of rotatable bonds is 6. The summed E-state index contributed by atoms with van der Waals surface area (Å²) in [5, 5.41) is 4.71. The molecule has 0 amide bonds. The van der Waals surface area contributed by atoms with Gasteiger partial charge >= 0.3 is 0 Å². The van der Waals surface area contributed by atoms with Crippen LogP contribution >= 0.6 is 11.6 Å². The summed E-state index contributed by atoms with van der Waals surface area (Å²) in [6.07, 6.45) is 1.69. The van der Waals surface area contributed by atoms with Gasteiger partial charge in [-0.15, -0.1) is 0 Å². The normalized spacial score (nSPS) is 10.7. The van der Waals surface area contributed by atoms with Gasteiger partial charge in [-0.05, 0) is 49.2 Å². The predicted molar refractivity (Wildman–Crippen MR) is 91.6 cm³/mol. The Kier molecular flexibility index (Phi) is 5.67. The molecule has 0 unspecified atom stereocenters. The molecule has 0 heterocycles. The van der Waals surface area contributed by atoms with Crippen molar-refractivity contribution in [3.8, 4) is 11.5 Å². The molecule has 2 aromatic carbocycles. The van der Waals surface area contributed by atoms with Crippen LogP contribution in [0.2, 0.25) is 5.02 Å². The van der Waals surface area contributed by atoms with E-state index in [1.165, 1.54) is 5.56 Å². The summed E-state index contributed by atoms with van der Waals surface area (Å²) in [6.45, 7) is 4.46. The number of anilines is 1. The van der Waals surface area contributed by atoms with Gasteiger partial charge in [-0.3, -0.25) is 5.43 Å². The maximum atomic E-state index is 6.22. The molecule has 1 N–H and O–H groups in total. The number of nitrogens with one attached hydrogen (secondary N) is 1. The Morgan fingerprint density at radius 1 is 1.27 bits per heavy atom. The standard InChI is InChI=1S/C17H19ClN2O2/c1-4-22-17-15(18)9-13(10-16(17)21-3)11-19-20-14-7-5-6-12(2)8-14/h5-11,20H,4H2,1-3H3/b19-11-. The highest BCUT2D eigenvalue weighted by Gasteiger charge is 2.10. The van der Waals surface area contributed by atoms with Gasteiger partial charge in [0.05, 0.1) is 30.6 Å². The SMILES string of the molecule is CCOc1c(Cl)cc(/C=N\Nc2cccc(C)c2)cc1OC. The van der Waals surface area contributed by atoms with Crippen molar-refractivity contribution in [3.05, 3.63) is 52.5 Å². The van der Waals surface area contributed by atoms with E-state index in [2.05, 4.69) is 10.5 Å². The molecule has 0 bridgehead atoms. The lowest BCUT2D eigenvalue weighted by molar-refractivity contribution is 0.311. The van der Waals surface area contributed by atoms with Gasteiger partial charge < -0.3 is 9.47 Å². The highest BCUT2D eigenvalue weighted by Crippen LogP contribution is 2.35. The van der Waals surface area contributed by atoms with Gasteiger partial charge in [-0.25, -0.2) is 0 Å². The first-order chi connectivity index (χ1) is 10.6. The number of benzene rings is 2. The molecule has 0 saturated heterocycles. The third-order valence-corrected chi connectivity index (χ3v) is 3.25. The van der Waals surface area contributed by atoms with Crippen molar-refractivity contribution in [2.45, 2.75) is 13.8 Å². The smallest absolute Gasteiger partial charge is 0.179 e. The molecule has 0 aliphatic heterocycles. The largest absolute Gasteiger partial charge is 0.493 e. The van der Waals surface area contributed by atoms with E-state index in [0.29, 0.717) is 23.1 Å². The second kappa shape index (κ2) is 7.71. The molecule has 22 heavy (non-hydrogen) atoms. The number of hydrogen-bond acceptors (Lipinski definition) is 4. The van der Waals surface area contributed by atoms with Crippen LogP contribution in [0.1, 0.15) is 18.1 Å². The summed E-state index contributed by atoms with van der Waals surface area (Å²) in [5.74, 6) is 1.14. The molecule has 5 heteroatoms. The average molecular weight is 319 g/mol. The van der Waals surface area contributed by atoms with Crippen molar-refractivity contribution in [1.82, 2.24) is 0 Å². The van der Waals surface area contributed by atoms with Crippen molar-refractivity contribution in [2.24, 2.45) is 5.10 Å². The number of aryl methyl sites for hydroxylation is 1. The third-order valence-electron chi connectivity index (χ3n) is 2.97. The zero-order valence-electron chi connectivity index (χ0n) is 12.9. The lowest BCUT2D eigenvalue weighted by Crippen LogP contribution is -1.98. The van der Waals surface area contributed by atoms with Gasteiger partial charge in [0.25, 0.3) is 0 Å². The Hall–Kier alpha value is -2.20. The van der Waals surface area contributed by atoms with Crippen LogP contribution in [0.4, 0.5) is 5.69 Å². The minimum absolute atomic E-state index is 0.498. The van der Waals surface area contributed by atoms with Gasteiger partial charge in [0.1, 0.15) is 0 Å². The third kappa shape index (κ3) is 4.15. The maximum absolute atomic E-state index is 6.22. The molecule has 0 radical (unpaired) electrons. The minimum atomic E-state index is 0.498. The number of halogens is 1. The summed E-state index contributed by atoms with van der Waals surface area (Å²) < 4.78 is 10.8. The molecule has 2 rings (SSSR count). The fraction of sp³-hybridized carbons (Fsp3) is 0.235. The number of hydrazone groups is 1. The van der Waals surface area contributed by atoms with E-state index in [1.807, 2.05) is 44.2 Å². The maximum Gasteiger partial charge on any atom is 0.179 e. The van der Waals surface area contributed by atoms with Crippen LogP contribution in [0.25, 0.3) is 0 Å². The second-order valence-corrected chi connectivity index (χ2v) is 5.11. The van der Waals surface area contributed by atoms with E-state index < -0.39 is 0 Å². The summed E-state index contributed by atoms with van der Waals surface area (Å²) in [7, 11) is 1.58. The molecule has 0 saturated carbocycles. The van der Waals surface area contributed by atoms with Crippen molar-refractivity contribution in [1.29, 1.82) is 0 Å². The first-order valence-electron chi connectivity index (χ1n) is 7.00. The second-order valence-electron chi connectivity index (χ2n) is 4.71. The molecule has 0 spiro atoms. The average Bonchev–Trinajstić information content (AvgIpc) is 2.50. The van der Waals surface area contributed by atoms with Crippen LogP contribution < -0.4 is 14.9 Å². The van der Waals surface area contributed by atoms with E-state index in [-0.39, 0.29) is 0 Å². The Morgan fingerprint density at radius 3 is 2.77 bits per heavy atom. The molecule has 4 nitrogen and oxygen atoms in total. The summed E-state index contributed by atoms with van der Waals surface area (Å²) >= 11 is 6.22. The Morgan fingerprint density at radius 2 is 2.09 bits per heavy atom. The fourth-order valence-electron chi connectivity index (χ4n) is 1.99. The zero-order valence-corrected chi connectivity index (χ0v) is 13.6. The summed E-state index contributed by atoms with van der Waals surface area (Å²) in [6, 6.07) is 11.6. The zero-order chi connectivity index (χ0) is 15.9. The summed E-state index contributed by atoms with van der Waals surface area (Å²) in [4.78, 5) is 0. The van der Waals surface area contributed by atoms with Gasteiger partial charge in [-0.1, -0.05) is 23.7 Å². The van der Waals surface area contributed by atoms with Crippen LogP contribution in [-0.2, 0) is 0 Å². The fourth-order valence-corrected chi connectivity index (χ4v) is 2.27. The number of ether oxygens (including phenoxy) is 2. The van der Waals surface area contributed by atoms with Crippen molar-refractivity contribution in [2.75, 3.05) is 19.1 Å². The number of methoxy groups -OCH3 is 1.